The van der Waals surface area contributed by atoms with Gasteiger partial charge in [-0.2, -0.15) is 0 Å². The van der Waals surface area contributed by atoms with E-state index in [1.807, 2.05) is 6.07 Å². The Kier molecular flexibility index (Phi) is 7.01. The summed E-state index contributed by atoms with van der Waals surface area (Å²) in [7, 11) is 1.57. The topological polar surface area (TPSA) is 67.4 Å². The molecule has 0 fully saturated rings. The molecule has 0 saturated heterocycles. The monoisotopic (exact) mass is 404 g/mol. The van der Waals surface area contributed by atoms with Crippen molar-refractivity contribution in [3.05, 3.63) is 58.1 Å². The number of carbonyl (C=O) groups excluding carboxylic acids is 2. The lowest BCUT2D eigenvalue weighted by Crippen LogP contribution is -2.18. The SMILES string of the molecule is CCCCOc1ccc(Br)cc1C(=O)Nc1ccc(C(=O)NC)cc1. The van der Waals surface area contributed by atoms with Gasteiger partial charge in [0.25, 0.3) is 11.8 Å². The zero-order chi connectivity index (χ0) is 18.2. The van der Waals surface area contributed by atoms with Crippen LogP contribution in [0.2, 0.25) is 0 Å². The minimum absolute atomic E-state index is 0.170. The highest BCUT2D eigenvalue weighted by atomic mass is 79.9. The Morgan fingerprint density at radius 1 is 1.08 bits per heavy atom. The fraction of sp³-hybridized carbons (Fsp3) is 0.263. The van der Waals surface area contributed by atoms with Gasteiger partial charge in [0.05, 0.1) is 12.2 Å². The van der Waals surface area contributed by atoms with Crippen LogP contribution in [-0.2, 0) is 0 Å². The average molecular weight is 405 g/mol. The fourth-order valence-corrected chi connectivity index (χ4v) is 2.54. The van der Waals surface area contributed by atoms with Crippen molar-refractivity contribution in [3.8, 4) is 5.75 Å². The molecule has 0 heterocycles. The van der Waals surface area contributed by atoms with Crippen molar-refractivity contribution in [1.29, 1.82) is 0 Å². The Hall–Kier alpha value is -2.34. The van der Waals surface area contributed by atoms with E-state index in [-0.39, 0.29) is 11.8 Å². The highest BCUT2D eigenvalue weighted by molar-refractivity contribution is 9.10. The third-order valence-electron chi connectivity index (χ3n) is 3.57. The van der Waals surface area contributed by atoms with E-state index in [0.717, 1.165) is 17.3 Å². The Morgan fingerprint density at radius 2 is 1.80 bits per heavy atom. The van der Waals surface area contributed by atoms with Crippen molar-refractivity contribution in [2.24, 2.45) is 0 Å². The first-order valence-electron chi connectivity index (χ1n) is 8.11. The van der Waals surface area contributed by atoms with Gasteiger partial charge < -0.3 is 15.4 Å². The molecule has 25 heavy (non-hydrogen) atoms. The summed E-state index contributed by atoms with van der Waals surface area (Å²) in [4.78, 5) is 24.2. The first kappa shape index (κ1) is 19.0. The number of rotatable bonds is 7. The minimum Gasteiger partial charge on any atom is -0.493 e. The minimum atomic E-state index is -0.263. The zero-order valence-corrected chi connectivity index (χ0v) is 15.9. The molecule has 0 bridgehead atoms. The number of benzene rings is 2. The zero-order valence-electron chi connectivity index (χ0n) is 14.3. The largest absolute Gasteiger partial charge is 0.493 e. The van der Waals surface area contributed by atoms with Crippen LogP contribution in [0, 0.1) is 0 Å². The number of unbranched alkanes of at least 4 members (excludes halogenated alkanes) is 1. The van der Waals surface area contributed by atoms with Crippen LogP contribution in [-0.4, -0.2) is 25.5 Å². The molecule has 2 aromatic carbocycles. The molecular formula is C19H21BrN2O3. The molecule has 0 atom stereocenters. The van der Waals surface area contributed by atoms with Crippen molar-refractivity contribution in [3.63, 3.8) is 0 Å². The predicted molar refractivity (Wildman–Crippen MR) is 102 cm³/mol. The number of anilines is 1. The molecule has 0 aromatic heterocycles. The van der Waals surface area contributed by atoms with Gasteiger partial charge in [-0.15, -0.1) is 0 Å². The fourth-order valence-electron chi connectivity index (χ4n) is 2.18. The predicted octanol–water partition coefficient (Wildman–Crippen LogP) is 4.24. The van der Waals surface area contributed by atoms with Crippen LogP contribution in [0.25, 0.3) is 0 Å². The molecule has 2 amide bonds. The summed E-state index contributed by atoms with van der Waals surface area (Å²) in [6, 6.07) is 12.1. The second-order valence-corrected chi connectivity index (χ2v) is 6.37. The maximum atomic E-state index is 12.6. The van der Waals surface area contributed by atoms with Crippen LogP contribution in [0.3, 0.4) is 0 Å². The Bertz CT molecular complexity index is 745. The second-order valence-electron chi connectivity index (χ2n) is 5.45. The molecule has 132 valence electrons. The van der Waals surface area contributed by atoms with Gasteiger partial charge in [-0.3, -0.25) is 9.59 Å². The van der Waals surface area contributed by atoms with Crippen LogP contribution in [0.1, 0.15) is 40.5 Å². The summed E-state index contributed by atoms with van der Waals surface area (Å²) in [5, 5.41) is 5.39. The van der Waals surface area contributed by atoms with Crippen molar-refractivity contribution < 1.29 is 14.3 Å². The van der Waals surface area contributed by atoms with Gasteiger partial charge in [-0.25, -0.2) is 0 Å². The van der Waals surface area contributed by atoms with E-state index in [1.165, 1.54) is 0 Å². The summed E-state index contributed by atoms with van der Waals surface area (Å²) in [5.41, 5.74) is 1.60. The number of hydrogen-bond donors (Lipinski definition) is 2. The standard InChI is InChI=1S/C19H21BrN2O3/c1-3-4-11-25-17-10-7-14(20)12-16(17)19(24)22-15-8-5-13(6-9-15)18(23)21-2/h5-10,12H,3-4,11H2,1-2H3,(H,21,23)(H,22,24). The summed E-state index contributed by atoms with van der Waals surface area (Å²) in [6.07, 6.45) is 1.95. The van der Waals surface area contributed by atoms with E-state index in [0.29, 0.717) is 29.2 Å². The first-order valence-corrected chi connectivity index (χ1v) is 8.90. The van der Waals surface area contributed by atoms with Gasteiger partial charge in [0.1, 0.15) is 5.75 Å². The average Bonchev–Trinajstić information content (AvgIpc) is 2.63. The normalized spacial score (nSPS) is 10.2. The molecule has 0 aliphatic carbocycles. The van der Waals surface area contributed by atoms with E-state index in [4.69, 9.17) is 4.74 Å². The smallest absolute Gasteiger partial charge is 0.259 e. The van der Waals surface area contributed by atoms with Gasteiger partial charge in [0.2, 0.25) is 0 Å². The lowest BCUT2D eigenvalue weighted by atomic mass is 10.1. The molecule has 0 aliphatic heterocycles. The molecule has 2 N–H and O–H groups in total. The van der Waals surface area contributed by atoms with Gasteiger partial charge in [0.15, 0.2) is 0 Å². The molecular weight excluding hydrogens is 384 g/mol. The molecule has 5 nitrogen and oxygen atoms in total. The van der Waals surface area contributed by atoms with Crippen LogP contribution < -0.4 is 15.4 Å². The van der Waals surface area contributed by atoms with E-state index in [1.54, 1.807) is 43.4 Å². The number of nitrogens with one attached hydrogen (secondary N) is 2. The molecule has 0 saturated carbocycles. The number of amides is 2. The summed E-state index contributed by atoms with van der Waals surface area (Å²) in [5.74, 6) is 0.119. The Labute approximate surface area is 155 Å². The maximum Gasteiger partial charge on any atom is 0.259 e. The summed E-state index contributed by atoms with van der Waals surface area (Å²) < 4.78 is 6.52. The van der Waals surface area contributed by atoms with E-state index in [2.05, 4.69) is 33.5 Å². The van der Waals surface area contributed by atoms with Crippen molar-refractivity contribution in [2.45, 2.75) is 19.8 Å². The molecule has 0 aliphatic rings. The number of hydrogen-bond acceptors (Lipinski definition) is 3. The lowest BCUT2D eigenvalue weighted by Gasteiger charge is -2.12. The maximum absolute atomic E-state index is 12.6. The number of ether oxygens (including phenoxy) is 1. The van der Waals surface area contributed by atoms with Crippen molar-refractivity contribution >= 4 is 33.4 Å². The van der Waals surface area contributed by atoms with Gasteiger partial charge in [0, 0.05) is 22.8 Å². The molecule has 6 heteroatoms. The second kappa shape index (κ2) is 9.22. The van der Waals surface area contributed by atoms with Crippen LogP contribution in [0.5, 0.6) is 5.75 Å². The van der Waals surface area contributed by atoms with Crippen LogP contribution >= 0.6 is 15.9 Å². The lowest BCUT2D eigenvalue weighted by molar-refractivity contribution is 0.0962. The summed E-state index contributed by atoms with van der Waals surface area (Å²) in [6.45, 7) is 2.65. The molecule has 0 unspecified atom stereocenters. The number of carbonyl (C=O) groups is 2. The Morgan fingerprint density at radius 3 is 2.44 bits per heavy atom. The molecule has 0 spiro atoms. The molecule has 2 rings (SSSR count). The molecule has 2 aromatic rings. The third kappa shape index (κ3) is 5.32. The number of halogens is 1. The van der Waals surface area contributed by atoms with Crippen LogP contribution in [0.15, 0.2) is 46.9 Å². The van der Waals surface area contributed by atoms with Crippen molar-refractivity contribution in [1.82, 2.24) is 5.32 Å². The molecule has 0 radical (unpaired) electrons. The highest BCUT2D eigenvalue weighted by Crippen LogP contribution is 2.25. The van der Waals surface area contributed by atoms with Gasteiger partial charge in [-0.1, -0.05) is 29.3 Å². The Balaban J connectivity index is 2.14. The van der Waals surface area contributed by atoms with Crippen LogP contribution in [0.4, 0.5) is 5.69 Å². The van der Waals surface area contributed by atoms with Gasteiger partial charge >= 0.3 is 0 Å². The van der Waals surface area contributed by atoms with Gasteiger partial charge in [-0.05, 0) is 48.9 Å². The van der Waals surface area contributed by atoms with E-state index in [9.17, 15) is 9.59 Å². The first-order chi connectivity index (χ1) is 12.0. The van der Waals surface area contributed by atoms with Crippen molar-refractivity contribution in [2.75, 3.05) is 19.0 Å². The summed E-state index contributed by atoms with van der Waals surface area (Å²) >= 11 is 3.39. The highest BCUT2D eigenvalue weighted by Gasteiger charge is 2.14. The van der Waals surface area contributed by atoms with E-state index >= 15 is 0 Å². The third-order valence-corrected chi connectivity index (χ3v) is 4.07. The quantitative estimate of drug-likeness (QED) is 0.678. The van der Waals surface area contributed by atoms with E-state index < -0.39 is 0 Å².